The highest BCUT2D eigenvalue weighted by Crippen LogP contribution is 2.04. The Morgan fingerprint density at radius 2 is 2.29 bits per heavy atom. The van der Waals surface area contributed by atoms with Crippen LogP contribution in [0.15, 0.2) is 40.5 Å². The van der Waals surface area contributed by atoms with Crippen molar-refractivity contribution in [3.05, 3.63) is 57.0 Å². The first-order chi connectivity index (χ1) is 10.0. The molecule has 7 nitrogen and oxygen atoms in total. The number of nitrogens with one attached hydrogen (secondary N) is 1. The molecular formula is C13H12N4O3S. The van der Waals surface area contributed by atoms with Crippen molar-refractivity contribution in [2.45, 2.75) is 6.92 Å². The first kappa shape index (κ1) is 14.8. The summed E-state index contributed by atoms with van der Waals surface area (Å²) in [5, 5.41) is 4.26. The van der Waals surface area contributed by atoms with E-state index in [0.717, 1.165) is 16.3 Å². The summed E-state index contributed by atoms with van der Waals surface area (Å²) in [4.78, 5) is 29.6. The lowest BCUT2D eigenvalue weighted by Gasteiger charge is -2.08. The van der Waals surface area contributed by atoms with Gasteiger partial charge in [0.05, 0.1) is 12.8 Å². The fraction of sp³-hybridized carbons (Fsp3) is 0.154. The molecule has 2 rings (SSSR count). The maximum absolute atomic E-state index is 11.7. The number of aromatic amines is 1. The average molecular weight is 304 g/mol. The minimum Gasteiger partial charge on any atom is -0.464 e. The van der Waals surface area contributed by atoms with E-state index >= 15 is 0 Å². The first-order valence-electron chi connectivity index (χ1n) is 5.93. The van der Waals surface area contributed by atoms with Gasteiger partial charge >= 0.3 is 5.97 Å². The Morgan fingerprint density at radius 1 is 1.52 bits per heavy atom. The number of ether oxygens (including phenoxy) is 1. The maximum Gasteiger partial charge on any atom is 0.357 e. The minimum absolute atomic E-state index is 0.00569. The van der Waals surface area contributed by atoms with Gasteiger partial charge < -0.3 is 4.74 Å². The predicted molar refractivity (Wildman–Crippen MR) is 79.1 cm³/mol. The molecule has 0 fully saturated rings. The van der Waals surface area contributed by atoms with Gasteiger partial charge in [-0.3, -0.25) is 14.8 Å². The van der Waals surface area contributed by atoms with Crippen LogP contribution in [-0.2, 0) is 4.74 Å². The van der Waals surface area contributed by atoms with Crippen molar-refractivity contribution in [1.29, 1.82) is 0 Å². The van der Waals surface area contributed by atoms with Gasteiger partial charge in [-0.2, -0.15) is 9.78 Å². The third-order valence-electron chi connectivity index (χ3n) is 2.64. The van der Waals surface area contributed by atoms with E-state index in [-0.39, 0.29) is 10.5 Å². The van der Waals surface area contributed by atoms with E-state index in [4.69, 9.17) is 12.2 Å². The van der Waals surface area contributed by atoms with Gasteiger partial charge in [0.15, 0.2) is 5.69 Å². The number of pyridine rings is 1. The van der Waals surface area contributed by atoms with Crippen molar-refractivity contribution in [1.82, 2.24) is 14.6 Å². The molecule has 0 aliphatic carbocycles. The van der Waals surface area contributed by atoms with Gasteiger partial charge in [0.25, 0.3) is 5.56 Å². The molecule has 2 aromatic rings. The van der Waals surface area contributed by atoms with Crippen molar-refractivity contribution in [2.75, 3.05) is 7.11 Å². The number of H-pyrrole nitrogens is 1. The fourth-order valence-electron chi connectivity index (χ4n) is 1.62. The number of esters is 1. The van der Waals surface area contributed by atoms with E-state index in [1.54, 1.807) is 25.4 Å². The maximum atomic E-state index is 11.7. The molecule has 0 saturated carbocycles. The molecule has 0 unspecified atom stereocenters. The summed E-state index contributed by atoms with van der Waals surface area (Å²) >= 11 is 5.04. The summed E-state index contributed by atoms with van der Waals surface area (Å²) in [5.74, 6) is -0.699. The molecule has 0 bridgehead atoms. The molecule has 8 heteroatoms. The van der Waals surface area contributed by atoms with E-state index in [9.17, 15) is 9.59 Å². The van der Waals surface area contributed by atoms with Crippen molar-refractivity contribution in [2.24, 2.45) is 5.10 Å². The van der Waals surface area contributed by atoms with Crippen LogP contribution >= 0.6 is 12.2 Å². The molecule has 0 amide bonds. The summed E-state index contributed by atoms with van der Waals surface area (Å²) < 4.78 is 5.80. The van der Waals surface area contributed by atoms with Crippen LogP contribution in [0.25, 0.3) is 0 Å². The van der Waals surface area contributed by atoms with Gasteiger partial charge in [0.1, 0.15) is 0 Å². The second-order valence-corrected chi connectivity index (χ2v) is 4.44. The molecule has 0 aromatic carbocycles. The molecule has 0 atom stereocenters. The van der Waals surface area contributed by atoms with Crippen LogP contribution in [0, 0.1) is 4.77 Å². The second-order valence-electron chi connectivity index (χ2n) is 4.05. The Kier molecular flexibility index (Phi) is 4.39. The van der Waals surface area contributed by atoms with E-state index in [2.05, 4.69) is 19.8 Å². The highest BCUT2D eigenvalue weighted by Gasteiger charge is 2.13. The van der Waals surface area contributed by atoms with E-state index < -0.39 is 11.5 Å². The Bertz CT molecular complexity index is 808. The molecule has 0 aliphatic heterocycles. The molecule has 108 valence electrons. The van der Waals surface area contributed by atoms with Crippen molar-refractivity contribution >= 4 is 23.9 Å². The van der Waals surface area contributed by atoms with Gasteiger partial charge in [0, 0.05) is 24.0 Å². The lowest BCUT2D eigenvalue weighted by Crippen LogP contribution is -2.20. The van der Waals surface area contributed by atoms with E-state index in [1.165, 1.54) is 7.11 Å². The van der Waals surface area contributed by atoms with Crippen LogP contribution < -0.4 is 5.56 Å². The zero-order valence-corrected chi connectivity index (χ0v) is 12.2. The van der Waals surface area contributed by atoms with Gasteiger partial charge in [-0.15, -0.1) is 0 Å². The lowest BCUT2D eigenvalue weighted by atomic mass is 10.2. The molecule has 0 spiro atoms. The average Bonchev–Trinajstić information content (AvgIpc) is 2.49. The van der Waals surface area contributed by atoms with Crippen molar-refractivity contribution in [3.63, 3.8) is 0 Å². The summed E-state index contributed by atoms with van der Waals surface area (Å²) in [6.07, 6.45) is 3.27. The molecule has 0 radical (unpaired) electrons. The van der Waals surface area contributed by atoms with Crippen molar-refractivity contribution < 1.29 is 9.53 Å². The standard InChI is InChI=1S/C13H12N4O3S/c1-8(9-4-3-5-14-7-9)16-17-10(12(19)20-2)6-11(18)15-13(17)21/h3-7H,1-2H3,(H,15,18,21)/b16-8-. The highest BCUT2D eigenvalue weighted by atomic mass is 32.1. The van der Waals surface area contributed by atoms with Crippen molar-refractivity contribution in [3.8, 4) is 0 Å². The SMILES string of the molecule is COC(=O)c1cc(=O)[nH]c(=S)n1/N=C(/C)c1cccnc1. The molecular weight excluding hydrogens is 292 g/mol. The summed E-state index contributed by atoms with van der Waals surface area (Å²) in [7, 11) is 1.22. The van der Waals surface area contributed by atoms with Gasteiger partial charge in [-0.05, 0) is 25.2 Å². The Balaban J connectivity index is 2.61. The molecule has 21 heavy (non-hydrogen) atoms. The van der Waals surface area contributed by atoms with Crippen LogP contribution in [-0.4, -0.2) is 33.4 Å². The number of aromatic nitrogens is 3. The third-order valence-corrected chi connectivity index (χ3v) is 2.92. The quantitative estimate of drug-likeness (QED) is 0.525. The van der Waals surface area contributed by atoms with Gasteiger partial charge in [0.2, 0.25) is 4.77 Å². The van der Waals surface area contributed by atoms with Gasteiger partial charge in [-0.25, -0.2) is 4.79 Å². The van der Waals surface area contributed by atoms with Crippen LogP contribution in [0.5, 0.6) is 0 Å². The topological polar surface area (TPSA) is 89.3 Å². The molecule has 2 heterocycles. The smallest absolute Gasteiger partial charge is 0.357 e. The Morgan fingerprint density at radius 3 is 2.90 bits per heavy atom. The van der Waals surface area contributed by atoms with E-state index in [0.29, 0.717) is 5.71 Å². The number of hydrogen-bond donors (Lipinski definition) is 1. The molecule has 0 aliphatic rings. The molecule has 2 aromatic heterocycles. The first-order valence-corrected chi connectivity index (χ1v) is 6.34. The van der Waals surface area contributed by atoms with Crippen LogP contribution in [0.4, 0.5) is 0 Å². The lowest BCUT2D eigenvalue weighted by molar-refractivity contribution is 0.0587. The van der Waals surface area contributed by atoms with E-state index in [1.807, 2.05) is 6.07 Å². The predicted octanol–water partition coefficient (Wildman–Crippen LogP) is 1.36. The minimum atomic E-state index is -0.699. The summed E-state index contributed by atoms with van der Waals surface area (Å²) in [6.45, 7) is 1.74. The fourth-order valence-corrected chi connectivity index (χ4v) is 1.86. The number of carbonyl (C=O) groups excluding carboxylic acids is 1. The second kappa shape index (κ2) is 6.23. The normalized spacial score (nSPS) is 11.2. The summed E-state index contributed by atoms with van der Waals surface area (Å²) in [5.41, 5.74) is 0.804. The number of hydrogen-bond acceptors (Lipinski definition) is 6. The highest BCUT2D eigenvalue weighted by molar-refractivity contribution is 7.71. The third kappa shape index (κ3) is 3.29. The monoisotopic (exact) mass is 304 g/mol. The van der Waals surface area contributed by atoms with Crippen LogP contribution in [0.3, 0.4) is 0 Å². The summed E-state index contributed by atoms with van der Waals surface area (Å²) in [6, 6.07) is 4.67. The largest absolute Gasteiger partial charge is 0.464 e. The van der Waals surface area contributed by atoms with Gasteiger partial charge in [-0.1, -0.05) is 6.07 Å². The molecule has 0 saturated heterocycles. The Hall–Kier alpha value is -2.61. The zero-order valence-electron chi connectivity index (χ0n) is 11.4. The van der Waals surface area contributed by atoms with Crippen LogP contribution in [0.1, 0.15) is 23.0 Å². The molecule has 1 N–H and O–H groups in total. The Labute approximate surface area is 124 Å². The van der Waals surface area contributed by atoms with Crippen LogP contribution in [0.2, 0.25) is 0 Å². The zero-order chi connectivity index (χ0) is 15.4. The number of rotatable bonds is 3. The number of carbonyl (C=O) groups is 1. The number of nitrogens with zero attached hydrogens (tertiary/aromatic N) is 3. The number of methoxy groups -OCH3 is 1.